The zero-order chi connectivity index (χ0) is 15.6. The number of nitrogens with zero attached hydrogens (tertiary/aromatic N) is 3. The molecule has 21 heavy (non-hydrogen) atoms. The van der Waals surface area contributed by atoms with Crippen molar-refractivity contribution in [3.8, 4) is 0 Å². The molecule has 0 radical (unpaired) electrons. The number of aromatic nitrogens is 2. The van der Waals surface area contributed by atoms with Gasteiger partial charge in [-0.1, -0.05) is 6.92 Å². The monoisotopic (exact) mass is 308 g/mol. The average Bonchev–Trinajstić information content (AvgIpc) is 2.88. The molecule has 0 saturated heterocycles. The van der Waals surface area contributed by atoms with Crippen molar-refractivity contribution < 1.29 is 4.92 Å². The standard InChI is InChI=1S/C14H20N4O2S/c1-5-6-17-14(13(18(19)20)10(3)16-17)15-8-12-7-9(2)11(4)21-12/h7,15H,5-6,8H2,1-4H3. The van der Waals surface area contributed by atoms with Gasteiger partial charge in [-0.3, -0.25) is 10.1 Å². The summed E-state index contributed by atoms with van der Waals surface area (Å²) < 4.78 is 1.70. The van der Waals surface area contributed by atoms with Gasteiger partial charge in [0.2, 0.25) is 5.82 Å². The van der Waals surface area contributed by atoms with E-state index >= 15 is 0 Å². The van der Waals surface area contributed by atoms with Gasteiger partial charge >= 0.3 is 5.69 Å². The van der Waals surface area contributed by atoms with Crippen molar-refractivity contribution >= 4 is 22.8 Å². The van der Waals surface area contributed by atoms with Crippen LogP contribution < -0.4 is 5.32 Å². The van der Waals surface area contributed by atoms with Crippen molar-refractivity contribution in [1.29, 1.82) is 0 Å². The summed E-state index contributed by atoms with van der Waals surface area (Å²) in [6.45, 7) is 9.10. The molecule has 0 unspecified atom stereocenters. The second-order valence-corrected chi connectivity index (χ2v) is 6.41. The van der Waals surface area contributed by atoms with E-state index in [1.165, 1.54) is 15.3 Å². The maximum absolute atomic E-state index is 11.2. The molecule has 0 aliphatic carbocycles. The van der Waals surface area contributed by atoms with E-state index in [1.54, 1.807) is 22.9 Å². The Morgan fingerprint density at radius 2 is 2.14 bits per heavy atom. The minimum atomic E-state index is -0.359. The van der Waals surface area contributed by atoms with Crippen LogP contribution in [0.2, 0.25) is 0 Å². The number of thiophene rings is 1. The molecule has 7 heteroatoms. The fourth-order valence-corrected chi connectivity index (χ4v) is 3.24. The topological polar surface area (TPSA) is 73.0 Å². The summed E-state index contributed by atoms with van der Waals surface area (Å²) in [5, 5.41) is 18.7. The fourth-order valence-electron chi connectivity index (χ4n) is 2.25. The molecule has 0 atom stereocenters. The molecule has 0 aromatic carbocycles. The Hall–Kier alpha value is -1.89. The maximum atomic E-state index is 11.2. The lowest BCUT2D eigenvalue weighted by molar-refractivity contribution is -0.384. The first-order valence-electron chi connectivity index (χ1n) is 6.95. The molecule has 0 aliphatic rings. The van der Waals surface area contributed by atoms with Crippen LogP contribution in [0.25, 0.3) is 0 Å². The predicted octanol–water partition coefficient (Wildman–Crippen LogP) is 3.80. The summed E-state index contributed by atoms with van der Waals surface area (Å²) >= 11 is 1.71. The van der Waals surface area contributed by atoms with Gasteiger partial charge in [-0.05, 0) is 38.8 Å². The zero-order valence-electron chi connectivity index (χ0n) is 12.8. The normalized spacial score (nSPS) is 10.9. The number of nitrogens with one attached hydrogen (secondary N) is 1. The molecular formula is C14H20N4O2S. The second kappa shape index (κ2) is 6.26. The van der Waals surface area contributed by atoms with Crippen LogP contribution in [-0.2, 0) is 13.1 Å². The summed E-state index contributed by atoms with van der Waals surface area (Å²) in [5.41, 5.74) is 1.78. The zero-order valence-corrected chi connectivity index (χ0v) is 13.6. The highest BCUT2D eigenvalue weighted by Gasteiger charge is 2.24. The van der Waals surface area contributed by atoms with Gasteiger partial charge in [-0.25, -0.2) is 4.68 Å². The van der Waals surface area contributed by atoms with Gasteiger partial charge in [0.1, 0.15) is 5.69 Å². The van der Waals surface area contributed by atoms with E-state index in [0.717, 1.165) is 6.42 Å². The van der Waals surface area contributed by atoms with Gasteiger partial charge < -0.3 is 5.32 Å². The van der Waals surface area contributed by atoms with E-state index in [0.29, 0.717) is 24.6 Å². The molecule has 0 fully saturated rings. The van der Waals surface area contributed by atoms with E-state index in [9.17, 15) is 10.1 Å². The first-order chi connectivity index (χ1) is 9.93. The largest absolute Gasteiger partial charge is 0.360 e. The van der Waals surface area contributed by atoms with E-state index < -0.39 is 0 Å². The van der Waals surface area contributed by atoms with Gasteiger partial charge in [-0.15, -0.1) is 11.3 Å². The first kappa shape index (κ1) is 15.5. The van der Waals surface area contributed by atoms with Crippen LogP contribution in [0.3, 0.4) is 0 Å². The second-order valence-electron chi connectivity index (χ2n) is 5.07. The lowest BCUT2D eigenvalue weighted by atomic mass is 10.3. The van der Waals surface area contributed by atoms with Crippen molar-refractivity contribution in [2.45, 2.75) is 47.2 Å². The molecule has 2 rings (SSSR count). The van der Waals surface area contributed by atoms with Gasteiger partial charge in [0.05, 0.1) is 11.5 Å². The quantitative estimate of drug-likeness (QED) is 0.650. The van der Waals surface area contributed by atoms with Crippen molar-refractivity contribution in [2.24, 2.45) is 0 Å². The molecular weight excluding hydrogens is 288 g/mol. The third kappa shape index (κ3) is 3.24. The summed E-state index contributed by atoms with van der Waals surface area (Å²) in [6.07, 6.45) is 0.879. The van der Waals surface area contributed by atoms with Crippen LogP contribution in [0.4, 0.5) is 11.5 Å². The SMILES string of the molecule is CCCn1nc(C)c([N+](=O)[O-])c1NCc1cc(C)c(C)s1. The van der Waals surface area contributed by atoms with Crippen molar-refractivity contribution in [3.05, 3.63) is 37.2 Å². The van der Waals surface area contributed by atoms with E-state index in [4.69, 9.17) is 0 Å². The Morgan fingerprint density at radius 1 is 1.43 bits per heavy atom. The van der Waals surface area contributed by atoms with Gasteiger partial charge in [0, 0.05) is 16.3 Å². The molecule has 0 amide bonds. The smallest absolute Gasteiger partial charge is 0.333 e. The van der Waals surface area contributed by atoms with Gasteiger partial charge in [0.25, 0.3) is 0 Å². The van der Waals surface area contributed by atoms with E-state index in [2.05, 4.69) is 30.3 Å². The van der Waals surface area contributed by atoms with Gasteiger partial charge in [0.15, 0.2) is 0 Å². The third-order valence-electron chi connectivity index (χ3n) is 3.36. The van der Waals surface area contributed by atoms with Crippen molar-refractivity contribution in [2.75, 3.05) is 5.32 Å². The maximum Gasteiger partial charge on any atom is 0.333 e. The summed E-state index contributed by atoms with van der Waals surface area (Å²) in [6, 6.07) is 2.12. The summed E-state index contributed by atoms with van der Waals surface area (Å²) in [4.78, 5) is 13.3. The van der Waals surface area contributed by atoms with Crippen LogP contribution in [-0.4, -0.2) is 14.7 Å². The van der Waals surface area contributed by atoms with Crippen LogP contribution in [0.1, 0.15) is 34.4 Å². The number of aryl methyl sites for hydroxylation is 4. The average molecular weight is 308 g/mol. The highest BCUT2D eigenvalue weighted by atomic mass is 32.1. The Morgan fingerprint density at radius 3 is 2.67 bits per heavy atom. The molecule has 0 aliphatic heterocycles. The summed E-state index contributed by atoms with van der Waals surface area (Å²) in [5.74, 6) is 0.503. The molecule has 2 aromatic rings. The molecule has 0 saturated carbocycles. The van der Waals surface area contributed by atoms with Crippen molar-refractivity contribution in [3.63, 3.8) is 0 Å². The van der Waals surface area contributed by atoms with Crippen molar-refractivity contribution in [1.82, 2.24) is 9.78 Å². The number of hydrogen-bond donors (Lipinski definition) is 1. The molecule has 2 aromatic heterocycles. The third-order valence-corrected chi connectivity index (χ3v) is 4.51. The minimum Gasteiger partial charge on any atom is -0.360 e. The highest BCUT2D eigenvalue weighted by Crippen LogP contribution is 2.30. The minimum absolute atomic E-state index is 0.0773. The molecule has 1 N–H and O–H groups in total. The Bertz CT molecular complexity index is 641. The Balaban J connectivity index is 2.26. The number of nitro groups is 1. The van der Waals surface area contributed by atoms with E-state index in [-0.39, 0.29) is 10.6 Å². The fraction of sp³-hybridized carbons (Fsp3) is 0.500. The number of rotatable bonds is 6. The highest BCUT2D eigenvalue weighted by molar-refractivity contribution is 7.12. The number of hydrogen-bond acceptors (Lipinski definition) is 5. The van der Waals surface area contributed by atoms with Crippen LogP contribution in [0.5, 0.6) is 0 Å². The lowest BCUT2D eigenvalue weighted by Crippen LogP contribution is -2.08. The predicted molar refractivity (Wildman–Crippen MR) is 85.0 cm³/mol. The van der Waals surface area contributed by atoms with Gasteiger partial charge in [-0.2, -0.15) is 5.10 Å². The lowest BCUT2D eigenvalue weighted by Gasteiger charge is -2.07. The molecule has 2 heterocycles. The first-order valence-corrected chi connectivity index (χ1v) is 7.77. The number of anilines is 1. The molecule has 6 nitrogen and oxygen atoms in total. The summed E-state index contributed by atoms with van der Waals surface area (Å²) in [7, 11) is 0. The van der Waals surface area contributed by atoms with Crippen LogP contribution in [0.15, 0.2) is 6.07 Å². The Kier molecular flexibility index (Phi) is 4.62. The van der Waals surface area contributed by atoms with Crippen LogP contribution in [0, 0.1) is 30.9 Å². The van der Waals surface area contributed by atoms with Crippen LogP contribution >= 0.6 is 11.3 Å². The van der Waals surface area contributed by atoms with E-state index in [1.807, 2.05) is 6.92 Å². The molecule has 0 spiro atoms. The molecule has 114 valence electrons. The molecule has 0 bridgehead atoms. The Labute approximate surface area is 127 Å².